The molecule has 1 saturated carbocycles. The molecule has 0 aromatic carbocycles. The Morgan fingerprint density at radius 3 is 2.76 bits per heavy atom. The lowest BCUT2D eigenvalue weighted by molar-refractivity contribution is 0.357. The quantitative estimate of drug-likeness (QED) is 0.918. The average molecular weight is 328 g/mol. The van der Waals surface area contributed by atoms with Crippen LogP contribution in [-0.4, -0.2) is 24.3 Å². The van der Waals surface area contributed by atoms with Crippen molar-refractivity contribution in [3.05, 3.63) is 29.5 Å². The number of hydrogen-bond acceptors (Lipinski definition) is 3. The number of nitrogens with zero attached hydrogens (tertiary/aromatic N) is 2. The van der Waals surface area contributed by atoms with E-state index in [0.29, 0.717) is 18.1 Å². The molecule has 114 valence electrons. The number of sulfonamides is 1. The molecule has 0 saturated heterocycles. The third-order valence-corrected chi connectivity index (χ3v) is 6.23. The molecular formula is C14H18ClN3O2S. The van der Waals surface area contributed by atoms with Crippen molar-refractivity contribution in [3.8, 4) is 0 Å². The van der Waals surface area contributed by atoms with Crippen LogP contribution in [0.2, 0.25) is 5.15 Å². The number of halogens is 1. The summed E-state index contributed by atoms with van der Waals surface area (Å²) in [6, 6.07) is 5.27. The summed E-state index contributed by atoms with van der Waals surface area (Å²) < 4.78 is 29.3. The summed E-state index contributed by atoms with van der Waals surface area (Å²) >= 11 is 6.03. The Hall–Kier alpha value is -1.11. The lowest BCUT2D eigenvalue weighted by Crippen LogP contribution is -2.33. The highest BCUT2D eigenvalue weighted by atomic mass is 35.5. The molecule has 0 unspecified atom stereocenters. The van der Waals surface area contributed by atoms with Crippen molar-refractivity contribution in [3.63, 3.8) is 0 Å². The Morgan fingerprint density at radius 2 is 2.14 bits per heavy atom. The number of pyridine rings is 1. The van der Waals surface area contributed by atoms with Crippen LogP contribution in [0.3, 0.4) is 0 Å². The van der Waals surface area contributed by atoms with Crippen molar-refractivity contribution in [2.45, 2.75) is 31.7 Å². The Morgan fingerprint density at radius 1 is 1.43 bits per heavy atom. The Labute approximate surface area is 129 Å². The molecule has 2 aromatic rings. The molecule has 2 heterocycles. The summed E-state index contributed by atoms with van der Waals surface area (Å²) in [5.74, 6) is 0.456. The first-order chi connectivity index (χ1) is 9.86. The van der Waals surface area contributed by atoms with E-state index in [1.165, 1.54) is 4.40 Å². The molecule has 0 bridgehead atoms. The summed E-state index contributed by atoms with van der Waals surface area (Å²) in [5, 5.41) is 0.0161. The molecular weight excluding hydrogens is 310 g/mol. The van der Waals surface area contributed by atoms with Crippen LogP contribution in [0.1, 0.15) is 26.7 Å². The smallest absolute Gasteiger partial charge is 0.259 e. The second-order valence-corrected chi connectivity index (χ2v) is 8.02. The molecule has 0 spiro atoms. The molecule has 0 amide bonds. The van der Waals surface area contributed by atoms with Crippen LogP contribution in [-0.2, 0) is 10.0 Å². The van der Waals surface area contributed by atoms with Gasteiger partial charge in [0.15, 0.2) is 10.2 Å². The summed E-state index contributed by atoms with van der Waals surface area (Å²) in [5.41, 5.74) is 0.618. The second-order valence-electron chi connectivity index (χ2n) is 5.98. The first-order valence-electron chi connectivity index (χ1n) is 6.98. The van der Waals surface area contributed by atoms with Gasteiger partial charge in [0.1, 0.15) is 5.65 Å². The number of aromatic nitrogens is 2. The highest BCUT2D eigenvalue weighted by Crippen LogP contribution is 2.51. The molecule has 0 radical (unpaired) electrons. The van der Waals surface area contributed by atoms with Crippen LogP contribution in [0.15, 0.2) is 29.4 Å². The van der Waals surface area contributed by atoms with E-state index in [-0.39, 0.29) is 15.6 Å². The zero-order valence-electron chi connectivity index (χ0n) is 12.0. The first kappa shape index (κ1) is 14.8. The summed E-state index contributed by atoms with van der Waals surface area (Å²) in [7, 11) is -3.68. The third-order valence-electron chi connectivity index (χ3n) is 4.43. The normalized spacial score (nSPS) is 17.5. The predicted octanol–water partition coefficient (Wildman–Crippen LogP) is 2.70. The maximum Gasteiger partial charge on any atom is 0.259 e. The summed E-state index contributed by atoms with van der Waals surface area (Å²) in [6.45, 7) is 4.70. The zero-order valence-corrected chi connectivity index (χ0v) is 13.6. The minimum Gasteiger partial charge on any atom is -0.288 e. The van der Waals surface area contributed by atoms with E-state index < -0.39 is 10.0 Å². The number of hydrogen-bond donors (Lipinski definition) is 1. The lowest BCUT2D eigenvalue weighted by Gasteiger charge is -2.19. The summed E-state index contributed by atoms with van der Waals surface area (Å²) in [6.07, 6.45) is 3.78. The van der Waals surface area contributed by atoms with E-state index in [9.17, 15) is 8.42 Å². The minimum atomic E-state index is -3.68. The topological polar surface area (TPSA) is 63.5 Å². The van der Waals surface area contributed by atoms with Crippen LogP contribution in [0, 0.1) is 11.3 Å². The number of rotatable bonds is 5. The van der Waals surface area contributed by atoms with E-state index in [0.717, 1.165) is 12.8 Å². The van der Waals surface area contributed by atoms with Gasteiger partial charge in [0.2, 0.25) is 0 Å². The van der Waals surface area contributed by atoms with E-state index in [4.69, 9.17) is 11.6 Å². The van der Waals surface area contributed by atoms with Gasteiger partial charge in [0.25, 0.3) is 10.0 Å². The van der Waals surface area contributed by atoms with Gasteiger partial charge in [0, 0.05) is 12.7 Å². The number of fused-ring (bicyclic) bond motifs is 1. The molecule has 0 atom stereocenters. The largest absolute Gasteiger partial charge is 0.288 e. The Balaban J connectivity index is 1.92. The molecule has 7 heteroatoms. The third kappa shape index (κ3) is 2.56. The van der Waals surface area contributed by atoms with Gasteiger partial charge in [-0.1, -0.05) is 31.5 Å². The maximum atomic E-state index is 12.6. The average Bonchev–Trinajstić information content (AvgIpc) is 3.13. The highest BCUT2D eigenvalue weighted by molar-refractivity contribution is 7.89. The molecule has 0 aliphatic heterocycles. The van der Waals surface area contributed by atoms with Crippen LogP contribution in [0.5, 0.6) is 0 Å². The van der Waals surface area contributed by atoms with Crippen LogP contribution in [0.4, 0.5) is 0 Å². The zero-order chi connectivity index (χ0) is 15.3. The number of imidazole rings is 1. The van der Waals surface area contributed by atoms with Gasteiger partial charge < -0.3 is 0 Å². The van der Waals surface area contributed by atoms with Crippen molar-refractivity contribution in [1.29, 1.82) is 0 Å². The fourth-order valence-corrected chi connectivity index (χ4v) is 4.39. The Kier molecular flexibility index (Phi) is 3.50. The number of nitrogens with one attached hydrogen (secondary N) is 1. The second kappa shape index (κ2) is 4.97. The van der Waals surface area contributed by atoms with Crippen molar-refractivity contribution < 1.29 is 8.42 Å². The van der Waals surface area contributed by atoms with Gasteiger partial charge in [-0.2, -0.15) is 0 Å². The van der Waals surface area contributed by atoms with Crippen LogP contribution in [0.25, 0.3) is 5.65 Å². The lowest BCUT2D eigenvalue weighted by atomic mass is 9.93. The molecule has 2 aromatic heterocycles. The first-order valence-corrected chi connectivity index (χ1v) is 8.84. The molecule has 1 fully saturated rings. The van der Waals surface area contributed by atoms with E-state index in [1.807, 2.05) is 0 Å². The molecule has 1 aliphatic carbocycles. The molecule has 21 heavy (non-hydrogen) atoms. The maximum absolute atomic E-state index is 12.6. The fourth-order valence-electron chi connectivity index (χ4n) is 2.61. The van der Waals surface area contributed by atoms with E-state index in [2.05, 4.69) is 23.6 Å². The molecule has 1 N–H and O–H groups in total. The fraction of sp³-hybridized carbons (Fsp3) is 0.500. The van der Waals surface area contributed by atoms with Gasteiger partial charge in [-0.05, 0) is 36.3 Å². The van der Waals surface area contributed by atoms with Gasteiger partial charge in [-0.15, -0.1) is 0 Å². The minimum absolute atomic E-state index is 0.00286. The van der Waals surface area contributed by atoms with E-state index in [1.54, 1.807) is 24.4 Å². The van der Waals surface area contributed by atoms with E-state index >= 15 is 0 Å². The highest BCUT2D eigenvalue weighted by Gasteiger charge is 2.46. The van der Waals surface area contributed by atoms with Gasteiger partial charge >= 0.3 is 0 Å². The summed E-state index contributed by atoms with van der Waals surface area (Å²) in [4.78, 5) is 4.08. The monoisotopic (exact) mass is 327 g/mol. The van der Waals surface area contributed by atoms with Crippen LogP contribution < -0.4 is 4.72 Å². The molecule has 1 aliphatic rings. The van der Waals surface area contributed by atoms with Crippen molar-refractivity contribution in [2.24, 2.45) is 11.3 Å². The van der Waals surface area contributed by atoms with Crippen molar-refractivity contribution >= 4 is 27.3 Å². The van der Waals surface area contributed by atoms with Crippen molar-refractivity contribution in [1.82, 2.24) is 14.1 Å². The standard InChI is InChI=1S/C14H18ClN3O2S/c1-10(2)14(6-7-14)9-16-21(19,20)13-12(15)17-11-5-3-4-8-18(11)13/h3-5,8,10,16H,6-7,9H2,1-2H3. The SMILES string of the molecule is CC(C)C1(CNS(=O)(=O)c2c(Cl)nc3ccccn23)CC1. The van der Waals surface area contributed by atoms with Crippen molar-refractivity contribution in [2.75, 3.05) is 6.54 Å². The molecule has 3 rings (SSSR count). The van der Waals surface area contributed by atoms with Crippen LogP contribution >= 0.6 is 11.6 Å². The van der Waals surface area contributed by atoms with Gasteiger partial charge in [-0.3, -0.25) is 4.40 Å². The van der Waals surface area contributed by atoms with Gasteiger partial charge in [-0.25, -0.2) is 18.1 Å². The Bertz CT molecular complexity index is 779. The molecule has 5 nitrogen and oxygen atoms in total. The predicted molar refractivity (Wildman–Crippen MR) is 81.9 cm³/mol. The van der Waals surface area contributed by atoms with Gasteiger partial charge in [0.05, 0.1) is 0 Å².